The standard InChI is InChI=1S/C17H22N2/c1-11(2)17-8-7-16(9-12(17)3)13(4)10-19-15(6)14(5)18/h7-10,18H,1H2,2-6H3/b13-10+,18-14?,19-15?. The van der Waals surface area contributed by atoms with E-state index in [4.69, 9.17) is 5.41 Å². The Morgan fingerprint density at radius 3 is 2.32 bits per heavy atom. The van der Waals surface area contributed by atoms with Crippen LogP contribution in [0.15, 0.2) is 36.0 Å². The summed E-state index contributed by atoms with van der Waals surface area (Å²) in [5.74, 6) is 0. The third-order valence-corrected chi connectivity index (χ3v) is 3.14. The molecular formula is C17H22N2. The summed E-state index contributed by atoms with van der Waals surface area (Å²) in [6.45, 7) is 13.7. The predicted octanol–water partition coefficient (Wildman–Crippen LogP) is 4.89. The number of aryl methyl sites for hydroxylation is 1. The van der Waals surface area contributed by atoms with E-state index in [1.807, 2.05) is 27.0 Å². The number of hydrogen-bond acceptors (Lipinski definition) is 2. The fraction of sp³-hybridized carbons (Fsp3) is 0.294. The lowest BCUT2D eigenvalue weighted by Crippen LogP contribution is -2.02. The predicted molar refractivity (Wildman–Crippen MR) is 86.0 cm³/mol. The maximum atomic E-state index is 7.49. The normalized spacial score (nSPS) is 12.5. The van der Waals surface area contributed by atoms with Gasteiger partial charge in [-0.3, -0.25) is 4.99 Å². The molecule has 0 amide bonds. The molecule has 0 saturated carbocycles. The van der Waals surface area contributed by atoms with Crippen LogP contribution in [0.3, 0.4) is 0 Å². The van der Waals surface area contributed by atoms with Crippen LogP contribution in [0.5, 0.6) is 0 Å². The Morgan fingerprint density at radius 1 is 1.21 bits per heavy atom. The highest BCUT2D eigenvalue weighted by atomic mass is 14.7. The molecule has 0 aliphatic carbocycles. The molecule has 0 aliphatic heterocycles. The van der Waals surface area contributed by atoms with Crippen molar-refractivity contribution in [2.75, 3.05) is 0 Å². The molecule has 0 radical (unpaired) electrons. The minimum absolute atomic E-state index is 0.498. The minimum Gasteiger partial charge on any atom is -0.304 e. The fourth-order valence-electron chi connectivity index (χ4n) is 1.75. The lowest BCUT2D eigenvalue weighted by molar-refractivity contribution is 1.38. The van der Waals surface area contributed by atoms with Crippen molar-refractivity contribution in [3.05, 3.63) is 47.7 Å². The Labute approximate surface area is 116 Å². The molecule has 19 heavy (non-hydrogen) atoms. The smallest absolute Gasteiger partial charge is 0.0577 e. The maximum Gasteiger partial charge on any atom is 0.0577 e. The fourth-order valence-corrected chi connectivity index (χ4v) is 1.75. The molecule has 2 nitrogen and oxygen atoms in total. The zero-order valence-corrected chi connectivity index (χ0v) is 12.5. The van der Waals surface area contributed by atoms with Gasteiger partial charge < -0.3 is 5.41 Å². The van der Waals surface area contributed by atoms with E-state index in [1.54, 1.807) is 6.92 Å². The van der Waals surface area contributed by atoms with Crippen molar-refractivity contribution >= 4 is 22.6 Å². The van der Waals surface area contributed by atoms with Crippen molar-refractivity contribution in [3.8, 4) is 0 Å². The van der Waals surface area contributed by atoms with Crippen molar-refractivity contribution in [3.63, 3.8) is 0 Å². The molecule has 0 aromatic heterocycles. The molecule has 0 fully saturated rings. The van der Waals surface area contributed by atoms with E-state index in [1.165, 1.54) is 11.1 Å². The lowest BCUT2D eigenvalue weighted by Gasteiger charge is -2.08. The molecule has 0 bridgehead atoms. The topological polar surface area (TPSA) is 36.2 Å². The van der Waals surface area contributed by atoms with Gasteiger partial charge in [-0.1, -0.05) is 30.4 Å². The average Bonchev–Trinajstić information content (AvgIpc) is 2.34. The van der Waals surface area contributed by atoms with Gasteiger partial charge in [0.2, 0.25) is 0 Å². The van der Waals surface area contributed by atoms with E-state index in [0.717, 1.165) is 22.4 Å². The molecule has 0 unspecified atom stereocenters. The number of allylic oxidation sites excluding steroid dienone is 2. The number of hydrogen-bond donors (Lipinski definition) is 1. The molecule has 0 saturated heterocycles. The summed E-state index contributed by atoms with van der Waals surface area (Å²) in [7, 11) is 0. The van der Waals surface area contributed by atoms with Crippen molar-refractivity contribution in [1.82, 2.24) is 0 Å². The first-order valence-electron chi connectivity index (χ1n) is 6.36. The lowest BCUT2D eigenvalue weighted by atomic mass is 9.98. The Kier molecular flexibility index (Phi) is 4.99. The zero-order chi connectivity index (χ0) is 14.6. The summed E-state index contributed by atoms with van der Waals surface area (Å²) in [5.41, 5.74) is 7.00. The van der Waals surface area contributed by atoms with Gasteiger partial charge in [0.1, 0.15) is 0 Å². The van der Waals surface area contributed by atoms with E-state index in [9.17, 15) is 0 Å². The number of nitrogens with zero attached hydrogens (tertiary/aromatic N) is 1. The zero-order valence-electron chi connectivity index (χ0n) is 12.5. The first-order valence-corrected chi connectivity index (χ1v) is 6.36. The maximum absolute atomic E-state index is 7.49. The van der Waals surface area contributed by atoms with Crippen molar-refractivity contribution in [2.45, 2.75) is 34.6 Å². The van der Waals surface area contributed by atoms with Gasteiger partial charge in [-0.2, -0.15) is 0 Å². The molecule has 2 heteroatoms. The van der Waals surface area contributed by atoms with E-state index in [0.29, 0.717) is 5.71 Å². The van der Waals surface area contributed by atoms with Gasteiger partial charge in [-0.05, 0) is 56.9 Å². The number of rotatable bonds is 4. The van der Waals surface area contributed by atoms with E-state index in [-0.39, 0.29) is 0 Å². The van der Waals surface area contributed by atoms with Gasteiger partial charge in [0.25, 0.3) is 0 Å². The third-order valence-electron chi connectivity index (χ3n) is 3.14. The van der Waals surface area contributed by atoms with E-state index >= 15 is 0 Å². The van der Waals surface area contributed by atoms with Crippen LogP contribution < -0.4 is 0 Å². The van der Waals surface area contributed by atoms with Crippen LogP contribution in [0.25, 0.3) is 11.1 Å². The highest BCUT2D eigenvalue weighted by Crippen LogP contribution is 2.22. The number of benzene rings is 1. The Morgan fingerprint density at radius 2 is 1.84 bits per heavy atom. The van der Waals surface area contributed by atoms with Crippen LogP contribution in [0.2, 0.25) is 0 Å². The monoisotopic (exact) mass is 254 g/mol. The van der Waals surface area contributed by atoms with Gasteiger partial charge in [0.05, 0.1) is 5.71 Å². The molecule has 100 valence electrons. The first-order chi connectivity index (χ1) is 8.82. The van der Waals surface area contributed by atoms with Crippen LogP contribution >= 0.6 is 0 Å². The van der Waals surface area contributed by atoms with Crippen LogP contribution in [0.1, 0.15) is 44.4 Å². The SMILES string of the molecule is C=C(C)c1ccc(/C(C)=C/N=C(C)C(C)=N)cc1C. The summed E-state index contributed by atoms with van der Waals surface area (Å²) in [6.07, 6.45) is 1.82. The second kappa shape index (κ2) is 6.28. The molecule has 1 aromatic carbocycles. The van der Waals surface area contributed by atoms with Gasteiger partial charge in [0.15, 0.2) is 0 Å². The molecule has 1 N–H and O–H groups in total. The first kappa shape index (κ1) is 15.1. The summed E-state index contributed by atoms with van der Waals surface area (Å²) in [6, 6.07) is 6.34. The van der Waals surface area contributed by atoms with Crippen LogP contribution in [-0.2, 0) is 0 Å². The molecule has 1 rings (SSSR count). The minimum atomic E-state index is 0.498. The van der Waals surface area contributed by atoms with Crippen LogP contribution in [0, 0.1) is 12.3 Å². The van der Waals surface area contributed by atoms with E-state index in [2.05, 4.69) is 36.7 Å². The molecule has 0 aliphatic rings. The summed E-state index contributed by atoms with van der Waals surface area (Å²) >= 11 is 0. The van der Waals surface area contributed by atoms with Gasteiger partial charge in [0, 0.05) is 11.9 Å². The Bertz CT molecular complexity index is 575. The molecular weight excluding hydrogens is 232 g/mol. The van der Waals surface area contributed by atoms with Gasteiger partial charge in [-0.25, -0.2) is 0 Å². The quantitative estimate of drug-likeness (QED) is 0.743. The van der Waals surface area contributed by atoms with Gasteiger partial charge in [-0.15, -0.1) is 0 Å². The number of aliphatic imine (C=N–C) groups is 1. The summed E-state index contributed by atoms with van der Waals surface area (Å²) in [4.78, 5) is 4.30. The van der Waals surface area contributed by atoms with Crippen molar-refractivity contribution < 1.29 is 0 Å². The molecule has 1 aromatic rings. The molecule has 0 atom stereocenters. The Balaban J connectivity index is 3.08. The second-order valence-electron chi connectivity index (χ2n) is 4.96. The summed E-state index contributed by atoms with van der Waals surface area (Å²) < 4.78 is 0. The Hall–Kier alpha value is -1.96. The van der Waals surface area contributed by atoms with Gasteiger partial charge >= 0.3 is 0 Å². The summed E-state index contributed by atoms with van der Waals surface area (Å²) in [5, 5.41) is 7.49. The number of nitrogens with one attached hydrogen (secondary N) is 1. The molecule has 0 heterocycles. The highest BCUT2D eigenvalue weighted by molar-refractivity contribution is 6.39. The van der Waals surface area contributed by atoms with Crippen LogP contribution in [-0.4, -0.2) is 11.4 Å². The van der Waals surface area contributed by atoms with Crippen molar-refractivity contribution in [2.24, 2.45) is 4.99 Å². The largest absolute Gasteiger partial charge is 0.304 e. The highest BCUT2D eigenvalue weighted by Gasteiger charge is 2.02. The van der Waals surface area contributed by atoms with E-state index < -0.39 is 0 Å². The van der Waals surface area contributed by atoms with Crippen molar-refractivity contribution in [1.29, 1.82) is 5.41 Å². The molecule has 0 spiro atoms. The third kappa shape index (κ3) is 4.02. The van der Waals surface area contributed by atoms with Crippen LogP contribution in [0.4, 0.5) is 0 Å². The second-order valence-corrected chi connectivity index (χ2v) is 4.96. The average molecular weight is 254 g/mol.